The number of carbonyl (C=O) groups excluding carboxylic acids is 1. The quantitative estimate of drug-likeness (QED) is 0.149. The Balaban J connectivity index is 0.00000684. The Morgan fingerprint density at radius 2 is 1.54 bits per heavy atom. The molecule has 10 heteroatoms. The predicted octanol–water partition coefficient (Wildman–Crippen LogP) is 3.90. The summed E-state index contributed by atoms with van der Waals surface area (Å²) in [5, 5.41) is -0.443. The first kappa shape index (κ1) is 34.0. The molecular formula is C27H38LiO7PS. The standard InChI is InChI=1S/C27H39O7PS.Li/c1-3-4-5-6-7-8-12-15-27(28)36-26(22-33-35(29,30)31-2)21-32-20-23-16-18-25(19-17-23)34-24-13-10-9-11-14-24;/h9-11,13-14,16-19,26H,3-8,12,15,20-22H2,1-2H3,(H,29,30);/q;+1/p-1/t26-;/m1./s1. The van der Waals surface area contributed by atoms with Crippen LogP contribution in [-0.4, -0.2) is 30.7 Å². The Morgan fingerprint density at radius 1 is 0.919 bits per heavy atom. The molecule has 0 N–H and O–H groups in total. The molecule has 7 nitrogen and oxygen atoms in total. The van der Waals surface area contributed by atoms with E-state index < -0.39 is 13.1 Å². The molecule has 2 rings (SSSR count). The van der Waals surface area contributed by atoms with Crippen LogP contribution in [0.15, 0.2) is 54.6 Å². The van der Waals surface area contributed by atoms with E-state index in [0.29, 0.717) is 18.8 Å². The Hall–Kier alpha value is -1.07. The van der Waals surface area contributed by atoms with Gasteiger partial charge in [-0.25, -0.2) is 0 Å². The molecule has 0 aliphatic carbocycles. The minimum absolute atomic E-state index is 0. The summed E-state index contributed by atoms with van der Waals surface area (Å²) in [6.07, 6.45) is 8.37. The van der Waals surface area contributed by atoms with Gasteiger partial charge in [-0.05, 0) is 36.2 Å². The number of unbranched alkanes of at least 4 members (excludes halogenated alkanes) is 6. The van der Waals surface area contributed by atoms with Gasteiger partial charge in [-0.3, -0.25) is 9.36 Å². The maximum absolute atomic E-state index is 12.5. The second kappa shape index (κ2) is 19.9. The third-order valence-electron chi connectivity index (χ3n) is 5.40. The second-order valence-corrected chi connectivity index (χ2v) is 11.4. The molecule has 200 valence electrons. The van der Waals surface area contributed by atoms with Crippen molar-refractivity contribution in [3.05, 3.63) is 60.2 Å². The molecule has 0 spiro atoms. The van der Waals surface area contributed by atoms with E-state index in [4.69, 9.17) is 14.0 Å². The van der Waals surface area contributed by atoms with E-state index in [0.717, 1.165) is 49.4 Å². The van der Waals surface area contributed by atoms with E-state index in [1.54, 1.807) is 0 Å². The number of phosphoric acid groups is 1. The van der Waals surface area contributed by atoms with Crippen LogP contribution in [-0.2, 0) is 29.8 Å². The SMILES string of the molecule is CCCCCCCCCC(=O)S[C@H](COCc1ccc(Oc2ccccc2)cc1)COP(=O)([O-])OC.[Li+]. The molecular weight excluding hydrogens is 506 g/mol. The van der Waals surface area contributed by atoms with Gasteiger partial charge in [-0.2, -0.15) is 0 Å². The normalized spacial score (nSPS) is 13.4. The number of thioether (sulfide) groups is 1. The van der Waals surface area contributed by atoms with Crippen LogP contribution in [0.25, 0.3) is 0 Å². The fraction of sp³-hybridized carbons (Fsp3) is 0.519. The minimum atomic E-state index is -4.38. The van der Waals surface area contributed by atoms with Crippen LogP contribution < -0.4 is 28.5 Å². The average Bonchev–Trinajstić information content (AvgIpc) is 2.88. The summed E-state index contributed by atoms with van der Waals surface area (Å²) in [4.78, 5) is 24.1. The van der Waals surface area contributed by atoms with Gasteiger partial charge >= 0.3 is 18.9 Å². The van der Waals surface area contributed by atoms with Crippen LogP contribution in [0.3, 0.4) is 0 Å². The zero-order valence-corrected chi connectivity index (χ0v) is 24.0. The van der Waals surface area contributed by atoms with Gasteiger partial charge in [0, 0.05) is 13.5 Å². The van der Waals surface area contributed by atoms with Crippen molar-refractivity contribution in [1.29, 1.82) is 0 Å². The summed E-state index contributed by atoms with van der Waals surface area (Å²) in [7, 11) is -3.33. The third-order valence-corrected chi connectivity index (χ3v) is 7.38. The van der Waals surface area contributed by atoms with Crippen LogP contribution in [0.4, 0.5) is 0 Å². The molecule has 1 unspecified atom stereocenters. The molecule has 0 radical (unpaired) electrons. The molecule has 0 aliphatic heterocycles. The van der Waals surface area contributed by atoms with Crippen molar-refractivity contribution in [2.45, 2.75) is 70.1 Å². The first-order valence-electron chi connectivity index (χ1n) is 12.5. The Morgan fingerprint density at radius 3 is 2.19 bits per heavy atom. The Bertz CT molecular complexity index is 915. The van der Waals surface area contributed by atoms with E-state index in [1.165, 1.54) is 25.7 Å². The molecule has 2 aromatic carbocycles. The molecule has 0 saturated heterocycles. The molecule has 0 saturated carbocycles. The predicted molar refractivity (Wildman–Crippen MR) is 142 cm³/mol. The summed E-state index contributed by atoms with van der Waals surface area (Å²) in [6.45, 7) is 2.48. The van der Waals surface area contributed by atoms with Gasteiger partial charge in [0.05, 0.1) is 25.1 Å². The van der Waals surface area contributed by atoms with Crippen LogP contribution in [0, 0.1) is 0 Å². The van der Waals surface area contributed by atoms with Gasteiger partial charge < -0.3 is 23.4 Å². The number of ether oxygens (including phenoxy) is 2. The van der Waals surface area contributed by atoms with Gasteiger partial charge in [-0.1, -0.05) is 87.5 Å². The molecule has 0 aromatic heterocycles. The van der Waals surface area contributed by atoms with E-state index in [-0.39, 0.29) is 37.2 Å². The molecule has 0 aliphatic rings. The van der Waals surface area contributed by atoms with Crippen LogP contribution in [0.2, 0.25) is 0 Å². The summed E-state index contributed by atoms with van der Waals surface area (Å²) >= 11 is 1.08. The van der Waals surface area contributed by atoms with Crippen molar-refractivity contribution in [3.8, 4) is 11.5 Å². The first-order valence-corrected chi connectivity index (χ1v) is 14.9. The van der Waals surface area contributed by atoms with Crippen LogP contribution in [0.5, 0.6) is 11.5 Å². The fourth-order valence-corrected chi connectivity index (χ4v) is 4.90. The van der Waals surface area contributed by atoms with Crippen molar-refractivity contribution in [3.63, 3.8) is 0 Å². The van der Waals surface area contributed by atoms with Crippen molar-refractivity contribution in [1.82, 2.24) is 0 Å². The fourth-order valence-electron chi connectivity index (χ4n) is 3.40. The number of hydrogen-bond acceptors (Lipinski definition) is 8. The summed E-state index contributed by atoms with van der Waals surface area (Å²) in [5.41, 5.74) is 0.931. The second-order valence-electron chi connectivity index (χ2n) is 8.48. The van der Waals surface area contributed by atoms with Crippen LogP contribution in [0.1, 0.15) is 63.9 Å². The van der Waals surface area contributed by atoms with Gasteiger partial charge in [-0.15, -0.1) is 0 Å². The molecule has 2 aromatic rings. The van der Waals surface area contributed by atoms with Crippen molar-refractivity contribution < 1.29 is 51.6 Å². The first-order chi connectivity index (χ1) is 17.4. The Kier molecular flexibility index (Phi) is 18.3. The smallest absolute Gasteiger partial charge is 0.756 e. The molecule has 0 amide bonds. The van der Waals surface area contributed by atoms with Gasteiger partial charge in [0.2, 0.25) is 0 Å². The zero-order valence-electron chi connectivity index (χ0n) is 22.3. The minimum Gasteiger partial charge on any atom is -0.756 e. The van der Waals surface area contributed by atoms with Gasteiger partial charge in [0.25, 0.3) is 7.82 Å². The largest absolute Gasteiger partial charge is 1.00 e. The maximum Gasteiger partial charge on any atom is 1.00 e. The van der Waals surface area contributed by atoms with E-state index in [9.17, 15) is 14.3 Å². The average molecular weight is 545 g/mol. The van der Waals surface area contributed by atoms with E-state index in [2.05, 4.69) is 11.4 Å². The molecule has 0 bridgehead atoms. The van der Waals surface area contributed by atoms with E-state index >= 15 is 0 Å². The molecule has 2 atom stereocenters. The van der Waals surface area contributed by atoms with Crippen molar-refractivity contribution in [2.24, 2.45) is 0 Å². The third kappa shape index (κ3) is 15.8. The summed E-state index contributed by atoms with van der Waals surface area (Å²) < 4.78 is 32.5. The number of phosphoric ester groups is 1. The molecule has 37 heavy (non-hydrogen) atoms. The molecule has 0 fully saturated rings. The Labute approximate surface area is 237 Å². The topological polar surface area (TPSA) is 94.1 Å². The number of benzene rings is 2. The number of para-hydroxylation sites is 1. The van der Waals surface area contributed by atoms with Gasteiger partial charge in [0.1, 0.15) is 11.5 Å². The number of rotatable bonds is 19. The van der Waals surface area contributed by atoms with Crippen molar-refractivity contribution in [2.75, 3.05) is 20.3 Å². The van der Waals surface area contributed by atoms with E-state index in [1.807, 2.05) is 54.6 Å². The van der Waals surface area contributed by atoms with Crippen molar-refractivity contribution >= 4 is 24.7 Å². The van der Waals surface area contributed by atoms with Crippen LogP contribution >= 0.6 is 19.6 Å². The number of carbonyl (C=O) groups is 1. The molecule has 0 heterocycles. The zero-order chi connectivity index (χ0) is 26.1. The van der Waals surface area contributed by atoms with Gasteiger partial charge in [0.15, 0.2) is 5.12 Å². The summed E-state index contributed by atoms with van der Waals surface area (Å²) in [6, 6.07) is 17.0. The maximum atomic E-state index is 12.5. The monoisotopic (exact) mass is 544 g/mol. The number of hydrogen-bond donors (Lipinski definition) is 0. The summed E-state index contributed by atoms with van der Waals surface area (Å²) in [5.74, 6) is 1.47.